The van der Waals surface area contributed by atoms with Crippen molar-refractivity contribution in [3.05, 3.63) is 0 Å². The summed E-state index contributed by atoms with van der Waals surface area (Å²) in [5, 5.41) is 12.3. The predicted octanol–water partition coefficient (Wildman–Crippen LogP) is 1.85. The SMILES string of the molecule is CCNC(C)(C#N)CCCCOC1CCOC1. The van der Waals surface area contributed by atoms with Crippen molar-refractivity contribution in [1.82, 2.24) is 5.32 Å². The average Bonchev–Trinajstić information content (AvgIpc) is 2.82. The second-order valence-corrected chi connectivity index (χ2v) is 4.79. The Hall–Kier alpha value is -0.630. The van der Waals surface area contributed by atoms with Gasteiger partial charge >= 0.3 is 0 Å². The van der Waals surface area contributed by atoms with E-state index in [4.69, 9.17) is 14.7 Å². The smallest absolute Gasteiger partial charge is 0.103 e. The van der Waals surface area contributed by atoms with Crippen LogP contribution >= 0.6 is 0 Å². The lowest BCUT2D eigenvalue weighted by Crippen LogP contribution is -2.40. The third-order valence-corrected chi connectivity index (χ3v) is 3.13. The van der Waals surface area contributed by atoms with Gasteiger partial charge in [0.2, 0.25) is 0 Å². The maximum Gasteiger partial charge on any atom is 0.103 e. The van der Waals surface area contributed by atoms with Crippen LogP contribution in [0.5, 0.6) is 0 Å². The minimum atomic E-state index is -0.384. The Labute approximate surface area is 104 Å². The maximum absolute atomic E-state index is 9.09. The van der Waals surface area contributed by atoms with Crippen LogP contribution in [0.3, 0.4) is 0 Å². The van der Waals surface area contributed by atoms with E-state index in [-0.39, 0.29) is 5.54 Å². The lowest BCUT2D eigenvalue weighted by atomic mass is 9.97. The number of rotatable bonds is 8. The molecule has 0 aromatic carbocycles. The third-order valence-electron chi connectivity index (χ3n) is 3.13. The Bertz CT molecular complexity index is 246. The van der Waals surface area contributed by atoms with Crippen molar-refractivity contribution >= 4 is 0 Å². The second kappa shape index (κ2) is 7.65. The average molecular weight is 240 g/mol. The number of nitriles is 1. The molecule has 17 heavy (non-hydrogen) atoms. The summed E-state index contributed by atoms with van der Waals surface area (Å²) in [5.41, 5.74) is -0.384. The Balaban J connectivity index is 2.04. The van der Waals surface area contributed by atoms with Crippen LogP contribution in [0.4, 0.5) is 0 Å². The van der Waals surface area contributed by atoms with Gasteiger partial charge in [-0.15, -0.1) is 0 Å². The third kappa shape index (κ3) is 5.49. The molecule has 1 saturated heterocycles. The van der Waals surface area contributed by atoms with Crippen LogP contribution in [0, 0.1) is 11.3 Å². The molecule has 0 aliphatic carbocycles. The zero-order valence-electron chi connectivity index (χ0n) is 11.0. The summed E-state index contributed by atoms with van der Waals surface area (Å²) in [7, 11) is 0. The van der Waals surface area contributed by atoms with Crippen LogP contribution in [0.15, 0.2) is 0 Å². The summed E-state index contributed by atoms with van der Waals surface area (Å²) < 4.78 is 10.9. The molecule has 1 aliphatic rings. The number of nitrogens with zero attached hydrogens (tertiary/aromatic N) is 1. The summed E-state index contributed by atoms with van der Waals surface area (Å²) in [6.07, 6.45) is 4.23. The van der Waals surface area contributed by atoms with Crippen molar-refractivity contribution in [2.24, 2.45) is 0 Å². The maximum atomic E-state index is 9.09. The van der Waals surface area contributed by atoms with Gasteiger partial charge in [0.25, 0.3) is 0 Å². The number of nitrogens with one attached hydrogen (secondary N) is 1. The number of unbranched alkanes of at least 4 members (excludes halogenated alkanes) is 1. The molecule has 0 saturated carbocycles. The molecule has 1 N–H and O–H groups in total. The van der Waals surface area contributed by atoms with E-state index in [9.17, 15) is 0 Å². The van der Waals surface area contributed by atoms with Gasteiger partial charge in [-0.1, -0.05) is 6.92 Å². The molecule has 0 aromatic heterocycles. The van der Waals surface area contributed by atoms with E-state index >= 15 is 0 Å². The highest BCUT2D eigenvalue weighted by Gasteiger charge is 2.21. The first-order valence-corrected chi connectivity index (χ1v) is 6.56. The van der Waals surface area contributed by atoms with E-state index in [1.165, 1.54) is 0 Å². The largest absolute Gasteiger partial charge is 0.379 e. The van der Waals surface area contributed by atoms with Gasteiger partial charge in [0, 0.05) is 13.2 Å². The summed E-state index contributed by atoms with van der Waals surface area (Å²) in [5.74, 6) is 0. The van der Waals surface area contributed by atoms with Crippen LogP contribution in [-0.4, -0.2) is 38.0 Å². The van der Waals surface area contributed by atoms with E-state index in [0.717, 1.165) is 52.0 Å². The first kappa shape index (κ1) is 14.4. The fourth-order valence-corrected chi connectivity index (χ4v) is 2.05. The molecule has 4 heteroatoms. The van der Waals surface area contributed by atoms with Gasteiger partial charge in [0.05, 0.1) is 18.8 Å². The van der Waals surface area contributed by atoms with Crippen LogP contribution < -0.4 is 5.32 Å². The van der Waals surface area contributed by atoms with Gasteiger partial charge in [-0.05, 0) is 39.2 Å². The van der Waals surface area contributed by atoms with E-state index in [1.54, 1.807) is 0 Å². The van der Waals surface area contributed by atoms with Gasteiger partial charge < -0.3 is 9.47 Å². The molecular weight excluding hydrogens is 216 g/mol. The quantitative estimate of drug-likeness (QED) is 0.658. The molecule has 0 bridgehead atoms. The van der Waals surface area contributed by atoms with E-state index in [2.05, 4.69) is 11.4 Å². The number of ether oxygens (including phenoxy) is 2. The summed E-state index contributed by atoms with van der Waals surface area (Å²) in [6.45, 7) is 7.17. The molecule has 98 valence electrons. The molecule has 0 aromatic rings. The number of hydrogen-bond acceptors (Lipinski definition) is 4. The Morgan fingerprint density at radius 2 is 2.35 bits per heavy atom. The Morgan fingerprint density at radius 1 is 1.53 bits per heavy atom. The monoisotopic (exact) mass is 240 g/mol. The van der Waals surface area contributed by atoms with Gasteiger partial charge in [-0.3, -0.25) is 5.32 Å². The molecule has 0 spiro atoms. The lowest BCUT2D eigenvalue weighted by molar-refractivity contribution is 0.0402. The first-order valence-electron chi connectivity index (χ1n) is 6.56. The molecular formula is C13H24N2O2. The van der Waals surface area contributed by atoms with Crippen molar-refractivity contribution in [3.63, 3.8) is 0 Å². The van der Waals surface area contributed by atoms with Gasteiger partial charge in [0.1, 0.15) is 5.54 Å². The fraction of sp³-hybridized carbons (Fsp3) is 0.923. The highest BCUT2D eigenvalue weighted by atomic mass is 16.5. The highest BCUT2D eigenvalue weighted by Crippen LogP contribution is 2.14. The zero-order valence-corrected chi connectivity index (χ0v) is 11.0. The molecule has 1 rings (SSSR count). The minimum absolute atomic E-state index is 0.297. The molecule has 4 nitrogen and oxygen atoms in total. The molecule has 0 radical (unpaired) electrons. The van der Waals surface area contributed by atoms with Crippen molar-refractivity contribution < 1.29 is 9.47 Å². The van der Waals surface area contributed by atoms with Crippen LogP contribution in [0.2, 0.25) is 0 Å². The van der Waals surface area contributed by atoms with Gasteiger partial charge in [-0.2, -0.15) is 5.26 Å². The predicted molar refractivity (Wildman–Crippen MR) is 66.7 cm³/mol. The van der Waals surface area contributed by atoms with Crippen molar-refractivity contribution in [3.8, 4) is 6.07 Å². The highest BCUT2D eigenvalue weighted by molar-refractivity contribution is 5.03. The van der Waals surface area contributed by atoms with Crippen molar-refractivity contribution in [2.75, 3.05) is 26.4 Å². The van der Waals surface area contributed by atoms with Crippen molar-refractivity contribution in [2.45, 2.75) is 51.2 Å². The zero-order chi connectivity index (χ0) is 12.6. The summed E-state index contributed by atoms with van der Waals surface area (Å²) in [6, 6.07) is 2.34. The van der Waals surface area contributed by atoms with E-state index in [0.29, 0.717) is 6.10 Å². The standard InChI is InChI=1S/C13H24N2O2/c1-3-15-13(2,11-14)7-4-5-8-17-12-6-9-16-10-12/h12,15H,3-10H2,1-2H3. The summed E-state index contributed by atoms with van der Waals surface area (Å²) in [4.78, 5) is 0. The van der Waals surface area contributed by atoms with Crippen molar-refractivity contribution in [1.29, 1.82) is 5.26 Å². The molecule has 2 atom stereocenters. The van der Waals surface area contributed by atoms with Crippen LogP contribution in [-0.2, 0) is 9.47 Å². The number of hydrogen-bond donors (Lipinski definition) is 1. The fourth-order valence-electron chi connectivity index (χ4n) is 2.05. The van der Waals surface area contributed by atoms with Crippen LogP contribution in [0.1, 0.15) is 39.5 Å². The van der Waals surface area contributed by atoms with Gasteiger partial charge in [-0.25, -0.2) is 0 Å². The topological polar surface area (TPSA) is 54.3 Å². The Morgan fingerprint density at radius 3 is 2.94 bits per heavy atom. The first-order chi connectivity index (χ1) is 8.20. The minimum Gasteiger partial charge on any atom is -0.379 e. The molecule has 1 heterocycles. The van der Waals surface area contributed by atoms with Gasteiger partial charge in [0.15, 0.2) is 0 Å². The molecule has 1 aliphatic heterocycles. The van der Waals surface area contributed by atoms with Crippen LogP contribution in [0.25, 0.3) is 0 Å². The summed E-state index contributed by atoms with van der Waals surface area (Å²) >= 11 is 0. The molecule has 1 fully saturated rings. The molecule has 2 unspecified atom stereocenters. The lowest BCUT2D eigenvalue weighted by Gasteiger charge is -2.22. The normalized spacial score (nSPS) is 23.2. The second-order valence-electron chi connectivity index (χ2n) is 4.79. The Kier molecular flexibility index (Phi) is 6.49. The molecule has 0 amide bonds. The van der Waals surface area contributed by atoms with E-state index in [1.807, 2.05) is 13.8 Å². The van der Waals surface area contributed by atoms with E-state index < -0.39 is 0 Å².